The zero-order chi connectivity index (χ0) is 15.0. The highest BCUT2D eigenvalue weighted by atomic mass is 32.2. The molecule has 7 heteroatoms. The van der Waals surface area contributed by atoms with E-state index in [2.05, 4.69) is 0 Å². The third kappa shape index (κ3) is 4.88. The highest BCUT2D eigenvalue weighted by Crippen LogP contribution is 2.14. The van der Waals surface area contributed by atoms with E-state index in [1.54, 1.807) is 24.3 Å². The molecule has 1 rings (SSSR count). The van der Waals surface area contributed by atoms with Crippen molar-refractivity contribution in [1.29, 1.82) is 10.5 Å². The minimum absolute atomic E-state index is 0.0988. The molecule has 0 aromatic heterocycles. The molecule has 6 nitrogen and oxygen atoms in total. The van der Waals surface area contributed by atoms with E-state index in [9.17, 15) is 8.42 Å². The van der Waals surface area contributed by atoms with Crippen LogP contribution in [0, 0.1) is 22.7 Å². The standard InChI is InChI=1S/C13H16N4O2S/c14-6-2-8-17(9-3-7-15)20(18,19)11-12-4-1-5-13(16)10-12/h1,4-5,10H,2-3,8-9,11,16H2. The van der Waals surface area contributed by atoms with Gasteiger partial charge in [-0.2, -0.15) is 14.8 Å². The molecule has 0 aliphatic heterocycles. The molecule has 2 N–H and O–H groups in total. The van der Waals surface area contributed by atoms with Gasteiger partial charge in [-0.3, -0.25) is 0 Å². The molecule has 0 spiro atoms. The van der Waals surface area contributed by atoms with Crippen LogP contribution in [0.5, 0.6) is 0 Å². The van der Waals surface area contributed by atoms with Crippen LogP contribution in [0.25, 0.3) is 0 Å². The second kappa shape index (κ2) is 7.49. The van der Waals surface area contributed by atoms with Gasteiger partial charge in [-0.1, -0.05) is 12.1 Å². The first-order valence-electron chi connectivity index (χ1n) is 6.05. The van der Waals surface area contributed by atoms with Crippen LogP contribution in [0.2, 0.25) is 0 Å². The first-order valence-corrected chi connectivity index (χ1v) is 7.66. The Morgan fingerprint density at radius 1 is 1.15 bits per heavy atom. The summed E-state index contributed by atoms with van der Waals surface area (Å²) >= 11 is 0. The number of nitrogen functional groups attached to an aromatic ring is 1. The molecule has 106 valence electrons. The van der Waals surface area contributed by atoms with E-state index in [0.29, 0.717) is 11.3 Å². The second-order valence-corrected chi connectivity index (χ2v) is 6.19. The van der Waals surface area contributed by atoms with Gasteiger partial charge in [0.25, 0.3) is 0 Å². The summed E-state index contributed by atoms with van der Waals surface area (Å²) in [4.78, 5) is 0. The van der Waals surface area contributed by atoms with Crippen LogP contribution >= 0.6 is 0 Å². The minimum Gasteiger partial charge on any atom is -0.399 e. The van der Waals surface area contributed by atoms with Gasteiger partial charge in [0, 0.05) is 31.6 Å². The van der Waals surface area contributed by atoms with Crippen molar-refractivity contribution in [2.45, 2.75) is 18.6 Å². The lowest BCUT2D eigenvalue weighted by Gasteiger charge is -2.20. The number of sulfonamides is 1. The molecule has 0 fully saturated rings. The van der Waals surface area contributed by atoms with Crippen molar-refractivity contribution in [3.05, 3.63) is 29.8 Å². The predicted molar refractivity (Wildman–Crippen MR) is 75.5 cm³/mol. The summed E-state index contributed by atoms with van der Waals surface area (Å²) in [7, 11) is -3.56. The van der Waals surface area contributed by atoms with Gasteiger partial charge < -0.3 is 5.73 Å². The van der Waals surface area contributed by atoms with Gasteiger partial charge in [0.15, 0.2) is 0 Å². The molecule has 0 bridgehead atoms. The van der Waals surface area contributed by atoms with E-state index in [1.165, 1.54) is 4.31 Å². The van der Waals surface area contributed by atoms with Crippen molar-refractivity contribution < 1.29 is 8.42 Å². The maximum atomic E-state index is 12.3. The van der Waals surface area contributed by atoms with Crippen molar-refractivity contribution in [2.24, 2.45) is 0 Å². The zero-order valence-electron chi connectivity index (χ0n) is 11.0. The molecule has 0 saturated heterocycles. The number of rotatable bonds is 7. The van der Waals surface area contributed by atoms with Gasteiger partial charge in [-0.05, 0) is 17.7 Å². The summed E-state index contributed by atoms with van der Waals surface area (Å²) < 4.78 is 25.8. The molecular weight excluding hydrogens is 276 g/mol. The summed E-state index contributed by atoms with van der Waals surface area (Å²) in [5.41, 5.74) is 6.70. The normalized spacial score (nSPS) is 10.9. The number of hydrogen-bond donors (Lipinski definition) is 1. The lowest BCUT2D eigenvalue weighted by Crippen LogP contribution is -2.33. The fraction of sp³-hybridized carbons (Fsp3) is 0.385. The van der Waals surface area contributed by atoms with Crippen LogP contribution in [0.4, 0.5) is 5.69 Å². The molecule has 0 heterocycles. The first kappa shape index (κ1) is 16.0. The average molecular weight is 292 g/mol. The van der Waals surface area contributed by atoms with Crippen LogP contribution in [0.3, 0.4) is 0 Å². The van der Waals surface area contributed by atoms with Crippen LogP contribution < -0.4 is 5.73 Å². The summed E-state index contributed by atoms with van der Waals surface area (Å²) in [5.74, 6) is -0.186. The van der Waals surface area contributed by atoms with Crippen LogP contribution in [-0.2, 0) is 15.8 Å². The molecule has 0 atom stereocenters. The molecule has 0 aliphatic rings. The van der Waals surface area contributed by atoms with E-state index in [0.717, 1.165) is 0 Å². The van der Waals surface area contributed by atoms with E-state index in [-0.39, 0.29) is 31.7 Å². The maximum Gasteiger partial charge on any atom is 0.218 e. The van der Waals surface area contributed by atoms with Crippen molar-refractivity contribution in [1.82, 2.24) is 4.31 Å². The SMILES string of the molecule is N#CCCN(CCC#N)S(=O)(=O)Cc1cccc(N)c1. The topological polar surface area (TPSA) is 111 Å². The number of nitrogens with zero attached hydrogens (tertiary/aromatic N) is 3. The van der Waals surface area contributed by atoms with E-state index >= 15 is 0 Å². The molecule has 0 saturated carbocycles. The Morgan fingerprint density at radius 2 is 1.75 bits per heavy atom. The third-order valence-electron chi connectivity index (χ3n) is 2.64. The lowest BCUT2D eigenvalue weighted by atomic mass is 10.2. The molecule has 0 unspecified atom stereocenters. The molecule has 0 aliphatic carbocycles. The van der Waals surface area contributed by atoms with E-state index < -0.39 is 10.0 Å². The van der Waals surface area contributed by atoms with Gasteiger partial charge in [0.2, 0.25) is 10.0 Å². The van der Waals surface area contributed by atoms with Gasteiger partial charge in [0.1, 0.15) is 0 Å². The molecule has 0 amide bonds. The summed E-state index contributed by atoms with van der Waals surface area (Å²) in [6, 6.07) is 10.5. The molecule has 0 radical (unpaired) electrons. The van der Waals surface area contributed by atoms with Gasteiger partial charge >= 0.3 is 0 Å². The van der Waals surface area contributed by atoms with Gasteiger partial charge in [0.05, 0.1) is 17.9 Å². The minimum atomic E-state index is -3.56. The molecule has 1 aromatic carbocycles. The number of anilines is 1. The number of nitriles is 2. The fourth-order valence-corrected chi connectivity index (χ4v) is 3.25. The summed E-state index contributed by atoms with van der Waals surface area (Å²) in [5, 5.41) is 17.2. The Hall–Kier alpha value is -2.09. The van der Waals surface area contributed by atoms with E-state index in [1.807, 2.05) is 12.1 Å². The highest BCUT2D eigenvalue weighted by Gasteiger charge is 2.21. The average Bonchev–Trinajstić information content (AvgIpc) is 2.38. The molecular formula is C13H16N4O2S. The Labute approximate surface area is 119 Å². The van der Waals surface area contributed by atoms with Crippen LogP contribution in [0.1, 0.15) is 18.4 Å². The summed E-state index contributed by atoms with van der Waals surface area (Å²) in [6.07, 6.45) is 0.198. The Morgan fingerprint density at radius 3 is 2.25 bits per heavy atom. The smallest absolute Gasteiger partial charge is 0.218 e. The maximum absolute atomic E-state index is 12.3. The number of hydrogen-bond acceptors (Lipinski definition) is 5. The van der Waals surface area contributed by atoms with Gasteiger partial charge in [-0.25, -0.2) is 8.42 Å². The zero-order valence-corrected chi connectivity index (χ0v) is 11.8. The van der Waals surface area contributed by atoms with Crippen molar-refractivity contribution in [3.8, 4) is 12.1 Å². The van der Waals surface area contributed by atoms with Crippen LogP contribution in [-0.4, -0.2) is 25.8 Å². The quantitative estimate of drug-likeness (QED) is 0.760. The third-order valence-corrected chi connectivity index (χ3v) is 4.49. The van der Waals surface area contributed by atoms with Crippen LogP contribution in [0.15, 0.2) is 24.3 Å². The molecule has 1 aromatic rings. The Balaban J connectivity index is 2.87. The molecule has 20 heavy (non-hydrogen) atoms. The Kier molecular flexibility index (Phi) is 5.98. The fourth-order valence-electron chi connectivity index (χ4n) is 1.72. The highest BCUT2D eigenvalue weighted by molar-refractivity contribution is 7.88. The second-order valence-electron chi connectivity index (χ2n) is 4.22. The van der Waals surface area contributed by atoms with Crippen molar-refractivity contribution >= 4 is 15.7 Å². The predicted octanol–water partition coefficient (Wildman–Crippen LogP) is 1.23. The van der Waals surface area contributed by atoms with Crippen molar-refractivity contribution in [2.75, 3.05) is 18.8 Å². The lowest BCUT2D eigenvalue weighted by molar-refractivity contribution is 0.424. The van der Waals surface area contributed by atoms with Gasteiger partial charge in [-0.15, -0.1) is 0 Å². The Bertz CT molecular complexity index is 611. The number of benzene rings is 1. The largest absolute Gasteiger partial charge is 0.399 e. The number of nitrogens with two attached hydrogens (primary N) is 1. The monoisotopic (exact) mass is 292 g/mol. The van der Waals surface area contributed by atoms with Crippen molar-refractivity contribution in [3.63, 3.8) is 0 Å². The summed E-state index contributed by atoms with van der Waals surface area (Å²) in [6.45, 7) is 0.200. The first-order chi connectivity index (χ1) is 9.49. The van der Waals surface area contributed by atoms with E-state index in [4.69, 9.17) is 16.3 Å².